The largest absolute Gasteiger partial charge is 0.461 e. The summed E-state index contributed by atoms with van der Waals surface area (Å²) in [6.45, 7) is 2.48. The summed E-state index contributed by atoms with van der Waals surface area (Å²) in [5.74, 6) is -0.213. The molecule has 2 rings (SSSR count). The molecular formula is C15H16NO2+. The minimum atomic E-state index is -0.213. The molecule has 3 heteroatoms. The molecule has 0 N–H and O–H groups in total. The van der Waals surface area contributed by atoms with Gasteiger partial charge in [-0.1, -0.05) is 30.3 Å². The van der Waals surface area contributed by atoms with Crippen LogP contribution in [0.2, 0.25) is 0 Å². The quantitative estimate of drug-likeness (QED) is 0.608. The van der Waals surface area contributed by atoms with Crippen LogP contribution >= 0.6 is 0 Å². The number of rotatable bonds is 4. The van der Waals surface area contributed by atoms with E-state index in [9.17, 15) is 4.79 Å². The third-order valence-corrected chi connectivity index (χ3v) is 2.62. The first-order valence-electron chi connectivity index (χ1n) is 5.99. The second-order valence-corrected chi connectivity index (χ2v) is 3.93. The van der Waals surface area contributed by atoms with Gasteiger partial charge in [-0.05, 0) is 18.1 Å². The smallest absolute Gasteiger partial charge is 0.372 e. The average molecular weight is 242 g/mol. The molecule has 18 heavy (non-hydrogen) atoms. The Bertz CT molecular complexity index is 506. The molecule has 0 aliphatic carbocycles. The maximum Gasteiger partial charge on any atom is 0.372 e. The Balaban J connectivity index is 2.09. The van der Waals surface area contributed by atoms with Crippen LogP contribution in [0.25, 0.3) is 11.1 Å². The molecule has 92 valence electrons. The van der Waals surface area contributed by atoms with Crippen molar-refractivity contribution in [2.45, 2.75) is 13.5 Å². The number of carbonyl (C=O) groups excluding carboxylic acids is 1. The van der Waals surface area contributed by atoms with Gasteiger partial charge in [0, 0.05) is 12.1 Å². The Morgan fingerprint density at radius 2 is 1.67 bits per heavy atom. The van der Waals surface area contributed by atoms with Crippen molar-refractivity contribution in [1.29, 1.82) is 0 Å². The highest BCUT2D eigenvalue weighted by atomic mass is 16.5. The third kappa shape index (κ3) is 3.17. The van der Waals surface area contributed by atoms with Crippen LogP contribution in [0, 0.1) is 0 Å². The Labute approximate surface area is 107 Å². The zero-order chi connectivity index (χ0) is 12.8. The second-order valence-electron chi connectivity index (χ2n) is 3.93. The summed E-state index contributed by atoms with van der Waals surface area (Å²) in [5.41, 5.74) is 2.30. The first-order valence-corrected chi connectivity index (χ1v) is 5.99. The zero-order valence-electron chi connectivity index (χ0n) is 10.4. The molecule has 0 fully saturated rings. The Hall–Kier alpha value is -2.16. The van der Waals surface area contributed by atoms with Crippen LogP contribution in [-0.4, -0.2) is 12.6 Å². The summed E-state index contributed by atoms with van der Waals surface area (Å²) in [6, 6.07) is 14.1. The number of hydrogen-bond donors (Lipinski definition) is 0. The van der Waals surface area contributed by atoms with E-state index in [2.05, 4.69) is 12.1 Å². The van der Waals surface area contributed by atoms with Gasteiger partial charge in [0.2, 0.25) is 6.54 Å². The third-order valence-electron chi connectivity index (χ3n) is 2.62. The number of benzene rings is 1. The fraction of sp³-hybridized carbons (Fsp3) is 0.200. The van der Waals surface area contributed by atoms with Gasteiger partial charge in [-0.25, -0.2) is 4.79 Å². The summed E-state index contributed by atoms with van der Waals surface area (Å²) < 4.78 is 6.71. The predicted octanol–water partition coefficient (Wildman–Crippen LogP) is 2.20. The summed E-state index contributed by atoms with van der Waals surface area (Å²) in [5, 5.41) is 0. The maximum atomic E-state index is 11.3. The number of aromatic nitrogens is 1. The van der Waals surface area contributed by atoms with E-state index in [0.29, 0.717) is 6.61 Å². The van der Waals surface area contributed by atoms with Crippen molar-refractivity contribution in [3.63, 3.8) is 0 Å². The van der Waals surface area contributed by atoms with E-state index in [4.69, 9.17) is 4.74 Å². The molecule has 0 spiro atoms. The number of esters is 1. The lowest BCUT2D eigenvalue weighted by molar-refractivity contribution is -0.685. The van der Waals surface area contributed by atoms with E-state index in [1.54, 1.807) is 6.92 Å². The van der Waals surface area contributed by atoms with Crippen molar-refractivity contribution in [2.75, 3.05) is 6.61 Å². The summed E-state index contributed by atoms with van der Waals surface area (Å²) >= 11 is 0. The van der Waals surface area contributed by atoms with E-state index in [1.165, 1.54) is 5.56 Å². The summed E-state index contributed by atoms with van der Waals surface area (Å²) in [6.07, 6.45) is 3.78. The fourth-order valence-electron chi connectivity index (χ4n) is 1.74. The monoisotopic (exact) mass is 242 g/mol. The Kier molecular flexibility index (Phi) is 4.07. The summed E-state index contributed by atoms with van der Waals surface area (Å²) in [4.78, 5) is 11.3. The topological polar surface area (TPSA) is 30.2 Å². The Morgan fingerprint density at radius 1 is 1.06 bits per heavy atom. The van der Waals surface area contributed by atoms with Crippen molar-refractivity contribution >= 4 is 5.97 Å². The number of pyridine rings is 1. The highest BCUT2D eigenvalue weighted by molar-refractivity contribution is 5.67. The van der Waals surface area contributed by atoms with Crippen LogP contribution in [0.15, 0.2) is 54.9 Å². The van der Waals surface area contributed by atoms with Crippen LogP contribution in [-0.2, 0) is 16.1 Å². The lowest BCUT2D eigenvalue weighted by Gasteiger charge is -2.01. The van der Waals surface area contributed by atoms with Crippen LogP contribution in [0.3, 0.4) is 0 Å². The van der Waals surface area contributed by atoms with E-state index < -0.39 is 0 Å². The van der Waals surface area contributed by atoms with Gasteiger partial charge in [0.25, 0.3) is 0 Å². The van der Waals surface area contributed by atoms with E-state index in [1.807, 2.05) is 47.3 Å². The van der Waals surface area contributed by atoms with E-state index in [0.717, 1.165) is 5.56 Å². The van der Waals surface area contributed by atoms with Crippen molar-refractivity contribution < 1.29 is 14.1 Å². The van der Waals surface area contributed by atoms with Crippen LogP contribution < -0.4 is 4.57 Å². The first-order chi connectivity index (χ1) is 8.79. The molecule has 2 aromatic rings. The van der Waals surface area contributed by atoms with Crippen LogP contribution in [0.4, 0.5) is 0 Å². The molecule has 0 atom stereocenters. The molecule has 0 unspecified atom stereocenters. The normalized spacial score (nSPS) is 10.1. The van der Waals surface area contributed by atoms with Gasteiger partial charge in [-0.2, -0.15) is 4.57 Å². The molecule has 0 saturated carbocycles. The first kappa shape index (κ1) is 12.3. The van der Waals surface area contributed by atoms with Gasteiger partial charge in [-0.3, -0.25) is 0 Å². The maximum absolute atomic E-state index is 11.3. The van der Waals surface area contributed by atoms with Gasteiger partial charge < -0.3 is 4.74 Å². The average Bonchev–Trinajstić information content (AvgIpc) is 2.41. The van der Waals surface area contributed by atoms with Crippen LogP contribution in [0.1, 0.15) is 6.92 Å². The molecule has 1 aromatic carbocycles. The Morgan fingerprint density at radius 3 is 2.28 bits per heavy atom. The van der Waals surface area contributed by atoms with E-state index >= 15 is 0 Å². The molecule has 0 bridgehead atoms. The van der Waals surface area contributed by atoms with Gasteiger partial charge >= 0.3 is 5.97 Å². The lowest BCUT2D eigenvalue weighted by atomic mass is 10.1. The fourth-order valence-corrected chi connectivity index (χ4v) is 1.74. The predicted molar refractivity (Wildman–Crippen MR) is 68.7 cm³/mol. The van der Waals surface area contributed by atoms with Gasteiger partial charge in [0.1, 0.15) is 0 Å². The lowest BCUT2D eigenvalue weighted by Crippen LogP contribution is -2.37. The van der Waals surface area contributed by atoms with Crippen LogP contribution in [0.5, 0.6) is 0 Å². The number of ether oxygens (including phenoxy) is 1. The number of hydrogen-bond acceptors (Lipinski definition) is 2. The number of nitrogens with zero attached hydrogens (tertiary/aromatic N) is 1. The number of carbonyl (C=O) groups is 1. The van der Waals surface area contributed by atoms with Crippen molar-refractivity contribution in [1.82, 2.24) is 0 Å². The molecule has 1 heterocycles. The summed E-state index contributed by atoms with van der Waals surface area (Å²) in [7, 11) is 0. The highest BCUT2D eigenvalue weighted by Crippen LogP contribution is 2.16. The highest BCUT2D eigenvalue weighted by Gasteiger charge is 2.09. The zero-order valence-corrected chi connectivity index (χ0v) is 10.4. The molecule has 0 saturated heterocycles. The molecule has 3 nitrogen and oxygen atoms in total. The van der Waals surface area contributed by atoms with Gasteiger partial charge in [0.05, 0.1) is 6.61 Å². The molecule has 0 amide bonds. The molecule has 1 aromatic heterocycles. The molecular weight excluding hydrogens is 226 g/mol. The SMILES string of the molecule is CCOC(=O)C[n+]1ccc(-c2ccccc2)cc1. The standard InChI is InChI=1S/C15H16NO2/c1-2-18-15(17)12-16-10-8-14(9-11-16)13-6-4-3-5-7-13/h3-11H,2,12H2,1H3/q+1. The molecule has 0 aliphatic rings. The van der Waals surface area contributed by atoms with Gasteiger partial charge in [-0.15, -0.1) is 0 Å². The minimum Gasteiger partial charge on any atom is -0.461 e. The van der Waals surface area contributed by atoms with Gasteiger partial charge in [0.15, 0.2) is 12.4 Å². The van der Waals surface area contributed by atoms with E-state index in [-0.39, 0.29) is 12.5 Å². The van der Waals surface area contributed by atoms with Crippen molar-refractivity contribution in [3.05, 3.63) is 54.9 Å². The second kappa shape index (κ2) is 5.96. The molecule has 0 aliphatic heterocycles. The minimum absolute atomic E-state index is 0.213. The van der Waals surface area contributed by atoms with Crippen molar-refractivity contribution in [2.24, 2.45) is 0 Å². The van der Waals surface area contributed by atoms with Crippen molar-refractivity contribution in [3.8, 4) is 11.1 Å². The molecule has 0 radical (unpaired) electrons.